The van der Waals surface area contributed by atoms with Gasteiger partial charge in [0.15, 0.2) is 0 Å². The number of amides is 1. The van der Waals surface area contributed by atoms with Crippen molar-refractivity contribution >= 4 is 38.8 Å². The van der Waals surface area contributed by atoms with Gasteiger partial charge in [-0.15, -0.1) is 11.3 Å². The Morgan fingerprint density at radius 2 is 1.80 bits per heavy atom. The van der Waals surface area contributed by atoms with Crippen molar-refractivity contribution in [1.29, 1.82) is 0 Å². The van der Waals surface area contributed by atoms with Crippen LogP contribution in [0.25, 0.3) is 10.2 Å². The third kappa shape index (κ3) is 3.81. The van der Waals surface area contributed by atoms with Crippen LogP contribution in [-0.4, -0.2) is 29.0 Å². The number of carbonyl (C=O) groups excluding carboxylic acids is 1. The lowest BCUT2D eigenvalue weighted by Crippen LogP contribution is -2.18. The third-order valence-electron chi connectivity index (χ3n) is 5.78. The molecule has 1 saturated heterocycles. The Bertz CT molecular complexity index is 1120. The third-order valence-corrected chi connectivity index (χ3v) is 6.96. The van der Waals surface area contributed by atoms with Gasteiger partial charge in [0.25, 0.3) is 5.91 Å². The van der Waals surface area contributed by atoms with Crippen LogP contribution in [0.5, 0.6) is 0 Å². The molecule has 1 aliphatic rings. The molecule has 1 aliphatic heterocycles. The van der Waals surface area contributed by atoms with Crippen molar-refractivity contribution < 1.29 is 4.79 Å². The molecule has 0 saturated carbocycles. The maximum absolute atomic E-state index is 13.1. The number of hydrogen-bond acceptors (Lipinski definition) is 5. The van der Waals surface area contributed by atoms with Crippen LogP contribution in [0, 0.1) is 20.8 Å². The van der Waals surface area contributed by atoms with Crippen LogP contribution in [0.15, 0.2) is 18.2 Å². The molecule has 1 fully saturated rings. The number of thiophene rings is 1. The van der Waals surface area contributed by atoms with Crippen molar-refractivity contribution in [3.8, 4) is 0 Å². The van der Waals surface area contributed by atoms with E-state index in [1.165, 1.54) is 29.9 Å². The highest BCUT2D eigenvalue weighted by molar-refractivity contribution is 7.20. The molecule has 5 nitrogen and oxygen atoms in total. The molecule has 0 radical (unpaired) electrons. The molecule has 0 atom stereocenters. The molecule has 1 amide bonds. The molecule has 0 aliphatic carbocycles. The lowest BCUT2D eigenvalue weighted by atomic mass is 9.95. The van der Waals surface area contributed by atoms with Gasteiger partial charge in [-0.25, -0.2) is 9.97 Å². The van der Waals surface area contributed by atoms with E-state index in [0.717, 1.165) is 51.6 Å². The van der Waals surface area contributed by atoms with Gasteiger partial charge >= 0.3 is 0 Å². The maximum Gasteiger partial charge on any atom is 0.266 e. The van der Waals surface area contributed by atoms with Crippen molar-refractivity contribution in [3.05, 3.63) is 45.7 Å². The predicted molar refractivity (Wildman–Crippen MR) is 126 cm³/mol. The molecule has 6 heteroatoms. The molecule has 1 N–H and O–H groups in total. The van der Waals surface area contributed by atoms with Gasteiger partial charge in [-0.1, -0.05) is 20.8 Å². The molecule has 3 aromatic rings. The summed E-state index contributed by atoms with van der Waals surface area (Å²) in [5, 5.41) is 4.11. The number of rotatable bonds is 3. The van der Waals surface area contributed by atoms with E-state index in [-0.39, 0.29) is 11.3 Å². The van der Waals surface area contributed by atoms with Crippen molar-refractivity contribution in [1.82, 2.24) is 9.97 Å². The molecule has 0 bridgehead atoms. The van der Waals surface area contributed by atoms with Crippen LogP contribution in [-0.2, 0) is 5.41 Å². The van der Waals surface area contributed by atoms with Crippen molar-refractivity contribution in [3.63, 3.8) is 0 Å². The molecule has 1 aromatic carbocycles. The van der Waals surface area contributed by atoms with Gasteiger partial charge in [-0.3, -0.25) is 4.79 Å². The van der Waals surface area contributed by atoms with E-state index in [1.54, 1.807) is 0 Å². The second kappa shape index (κ2) is 7.65. The molecule has 158 valence electrons. The van der Waals surface area contributed by atoms with Gasteiger partial charge in [0.05, 0.1) is 10.6 Å². The van der Waals surface area contributed by atoms with Crippen LogP contribution < -0.4 is 10.2 Å². The summed E-state index contributed by atoms with van der Waals surface area (Å²) in [5.74, 6) is 0.735. The minimum absolute atomic E-state index is 0.0794. The fraction of sp³-hybridized carbons (Fsp3) is 0.458. The minimum Gasteiger partial charge on any atom is -0.372 e. The second-order valence-corrected chi connectivity index (χ2v) is 10.3. The SMILES string of the molecule is Cc1cc(N2CCCC2)ccc1NC(=O)c1sc2nc(C(C)(C)C)nc(C)c2c1C. The zero-order chi connectivity index (χ0) is 21.6. The van der Waals surface area contributed by atoms with Gasteiger partial charge in [0.2, 0.25) is 0 Å². The fourth-order valence-electron chi connectivity index (χ4n) is 4.03. The van der Waals surface area contributed by atoms with E-state index in [2.05, 4.69) is 50.0 Å². The molecule has 3 heterocycles. The maximum atomic E-state index is 13.1. The molecule has 30 heavy (non-hydrogen) atoms. The van der Waals surface area contributed by atoms with Crippen molar-refractivity contribution in [2.75, 3.05) is 23.3 Å². The Hall–Kier alpha value is -2.47. The Labute approximate surface area is 182 Å². The topological polar surface area (TPSA) is 58.1 Å². The quantitative estimate of drug-likeness (QED) is 0.582. The highest BCUT2D eigenvalue weighted by Crippen LogP contribution is 2.34. The van der Waals surface area contributed by atoms with Gasteiger partial charge < -0.3 is 10.2 Å². The molecule has 4 rings (SSSR count). The first-order valence-corrected chi connectivity index (χ1v) is 11.4. The zero-order valence-corrected chi connectivity index (χ0v) is 19.5. The van der Waals surface area contributed by atoms with Crippen LogP contribution >= 0.6 is 11.3 Å². The largest absolute Gasteiger partial charge is 0.372 e. The summed E-state index contributed by atoms with van der Waals surface area (Å²) < 4.78 is 0. The number of hydrogen-bond donors (Lipinski definition) is 1. The first-order valence-electron chi connectivity index (χ1n) is 10.6. The number of fused-ring (bicyclic) bond motifs is 1. The fourth-order valence-corrected chi connectivity index (χ4v) is 5.16. The average Bonchev–Trinajstić information content (AvgIpc) is 3.31. The zero-order valence-electron chi connectivity index (χ0n) is 18.7. The normalized spacial score (nSPS) is 14.5. The summed E-state index contributed by atoms with van der Waals surface area (Å²) in [6, 6.07) is 6.30. The number of nitrogens with zero attached hydrogens (tertiary/aromatic N) is 3. The minimum atomic E-state index is -0.131. The molecular weight excluding hydrogens is 392 g/mol. The summed E-state index contributed by atoms with van der Waals surface area (Å²) in [7, 11) is 0. The van der Waals surface area contributed by atoms with E-state index in [4.69, 9.17) is 9.97 Å². The van der Waals surface area contributed by atoms with E-state index >= 15 is 0 Å². The monoisotopic (exact) mass is 422 g/mol. The Kier molecular flexibility index (Phi) is 5.30. The number of carbonyl (C=O) groups is 1. The first-order chi connectivity index (χ1) is 14.1. The van der Waals surface area contributed by atoms with Crippen LogP contribution in [0.2, 0.25) is 0 Å². The molecule has 2 aromatic heterocycles. The first kappa shape index (κ1) is 20.8. The summed E-state index contributed by atoms with van der Waals surface area (Å²) >= 11 is 1.45. The Morgan fingerprint density at radius 3 is 2.43 bits per heavy atom. The number of aromatic nitrogens is 2. The highest BCUT2D eigenvalue weighted by atomic mass is 32.1. The average molecular weight is 423 g/mol. The number of nitrogens with one attached hydrogen (secondary N) is 1. The van der Waals surface area contributed by atoms with Crippen LogP contribution in [0.1, 0.15) is 65.9 Å². The number of anilines is 2. The smallest absolute Gasteiger partial charge is 0.266 e. The van der Waals surface area contributed by atoms with Crippen molar-refractivity contribution in [2.24, 2.45) is 0 Å². The van der Waals surface area contributed by atoms with Crippen LogP contribution in [0.3, 0.4) is 0 Å². The van der Waals surface area contributed by atoms with Gasteiger partial charge in [-0.05, 0) is 62.9 Å². The van der Waals surface area contributed by atoms with E-state index in [9.17, 15) is 4.79 Å². The molecular formula is C24H30N4OS. The number of benzene rings is 1. The lowest BCUT2D eigenvalue weighted by Gasteiger charge is -2.19. The second-order valence-electron chi connectivity index (χ2n) is 9.27. The van der Waals surface area contributed by atoms with E-state index in [1.807, 2.05) is 19.9 Å². The van der Waals surface area contributed by atoms with Gasteiger partial charge in [-0.2, -0.15) is 0 Å². The van der Waals surface area contributed by atoms with E-state index in [0.29, 0.717) is 4.88 Å². The van der Waals surface area contributed by atoms with Crippen LogP contribution in [0.4, 0.5) is 11.4 Å². The molecule has 0 unspecified atom stereocenters. The number of aryl methyl sites for hydroxylation is 3. The summed E-state index contributed by atoms with van der Waals surface area (Å²) in [4.78, 5) is 26.6. The summed E-state index contributed by atoms with van der Waals surface area (Å²) in [6.45, 7) is 14.6. The molecule has 0 spiro atoms. The Morgan fingerprint density at radius 1 is 1.10 bits per heavy atom. The predicted octanol–water partition coefficient (Wildman–Crippen LogP) is 5.77. The van der Waals surface area contributed by atoms with E-state index < -0.39 is 0 Å². The summed E-state index contributed by atoms with van der Waals surface area (Å²) in [6.07, 6.45) is 2.50. The highest BCUT2D eigenvalue weighted by Gasteiger charge is 2.24. The standard InChI is InChI=1S/C24H30N4OS/c1-14-13-17(28-11-7-8-12-28)9-10-18(14)26-21(29)20-15(2)19-16(3)25-23(24(4,5)6)27-22(19)30-20/h9-10,13H,7-8,11-12H2,1-6H3,(H,26,29). The lowest BCUT2D eigenvalue weighted by molar-refractivity contribution is 0.103. The van der Waals surface area contributed by atoms with Gasteiger partial charge in [0, 0.05) is 35.3 Å². The van der Waals surface area contributed by atoms with Crippen molar-refractivity contribution in [2.45, 2.75) is 59.8 Å². The summed E-state index contributed by atoms with van der Waals surface area (Å²) in [5.41, 5.74) is 4.94. The van der Waals surface area contributed by atoms with Gasteiger partial charge in [0.1, 0.15) is 10.7 Å². The Balaban J connectivity index is 1.63.